The van der Waals surface area contributed by atoms with Crippen molar-refractivity contribution in [2.75, 3.05) is 6.61 Å². The molecule has 2 amide bonds. The lowest BCUT2D eigenvalue weighted by Crippen LogP contribution is -2.25. The molecule has 2 aromatic carbocycles. The lowest BCUT2D eigenvalue weighted by molar-refractivity contribution is -0.159. The molecule has 0 radical (unpaired) electrons. The summed E-state index contributed by atoms with van der Waals surface area (Å²) in [6.07, 6.45) is -3.79. The largest absolute Gasteiger partial charge is 0.491 e. The Bertz CT molecular complexity index is 868. The van der Waals surface area contributed by atoms with Crippen LogP contribution in [-0.2, 0) is 11.2 Å². The average Bonchev–Trinajstić information content (AvgIpc) is 2.97. The number of imide groups is 1. The number of halogens is 2. The van der Waals surface area contributed by atoms with Crippen LogP contribution in [0.15, 0.2) is 48.5 Å². The zero-order valence-corrected chi connectivity index (χ0v) is 16.2. The number of carbonyl (C=O) groups excluding carboxylic acids is 2. The highest BCUT2D eigenvalue weighted by Crippen LogP contribution is 2.25. The maximum absolute atomic E-state index is 12.8. The molecule has 1 fully saturated rings. The van der Waals surface area contributed by atoms with Gasteiger partial charge >= 0.3 is 6.11 Å². The number of amides is 2. The van der Waals surface area contributed by atoms with E-state index in [9.17, 15) is 23.5 Å². The van der Waals surface area contributed by atoms with Crippen LogP contribution in [0.2, 0.25) is 0 Å². The molecule has 6 nitrogen and oxygen atoms in total. The molecular weight excluding hydrogens is 404 g/mol. The molecule has 3 rings (SSSR count). The third-order valence-electron chi connectivity index (χ3n) is 4.08. The standard InChI is InChI=1S/C20H19F2NO5S/c1-20(21,22)28-15-8-4-13(5-9-15)16(24)11-27-14-6-2-12(3-7-14)10-17-18(25)23-19(26)29-17/h2-9,16-17,24H,10-11H2,1H3,(H,23,25,26)/t16-,17?/m1/s1. The van der Waals surface area contributed by atoms with Gasteiger partial charge in [0.1, 0.15) is 24.2 Å². The molecule has 1 saturated heterocycles. The molecule has 1 unspecified atom stereocenters. The van der Waals surface area contributed by atoms with E-state index in [4.69, 9.17) is 4.74 Å². The Hall–Kier alpha value is -2.65. The van der Waals surface area contributed by atoms with E-state index >= 15 is 0 Å². The van der Waals surface area contributed by atoms with E-state index in [1.807, 2.05) is 0 Å². The topological polar surface area (TPSA) is 84.9 Å². The van der Waals surface area contributed by atoms with Gasteiger partial charge in [-0.25, -0.2) is 0 Å². The first kappa shape index (κ1) is 21.1. The predicted molar refractivity (Wildman–Crippen MR) is 103 cm³/mol. The summed E-state index contributed by atoms with van der Waals surface area (Å²) in [5, 5.41) is 11.7. The molecule has 2 atom stereocenters. The first-order valence-electron chi connectivity index (χ1n) is 8.78. The fourth-order valence-corrected chi connectivity index (χ4v) is 3.56. The maximum Gasteiger partial charge on any atom is 0.394 e. The Morgan fingerprint density at radius 2 is 1.72 bits per heavy atom. The van der Waals surface area contributed by atoms with Crippen LogP contribution in [-0.4, -0.2) is 34.2 Å². The highest BCUT2D eigenvalue weighted by Gasteiger charge is 2.31. The van der Waals surface area contributed by atoms with Crippen molar-refractivity contribution in [3.63, 3.8) is 0 Å². The van der Waals surface area contributed by atoms with Crippen molar-refractivity contribution >= 4 is 22.9 Å². The van der Waals surface area contributed by atoms with Crippen molar-refractivity contribution in [1.29, 1.82) is 0 Å². The number of ether oxygens (including phenoxy) is 2. The van der Waals surface area contributed by atoms with E-state index in [-0.39, 0.29) is 23.5 Å². The summed E-state index contributed by atoms with van der Waals surface area (Å²) < 4.78 is 35.7. The zero-order chi connectivity index (χ0) is 21.0. The van der Waals surface area contributed by atoms with Gasteiger partial charge in [0.25, 0.3) is 5.24 Å². The molecule has 0 aromatic heterocycles. The number of hydrogen-bond donors (Lipinski definition) is 2. The molecule has 0 saturated carbocycles. The second kappa shape index (κ2) is 8.79. The molecule has 0 spiro atoms. The van der Waals surface area contributed by atoms with Gasteiger partial charge in [0.05, 0.1) is 5.25 Å². The number of nitrogens with one attached hydrogen (secondary N) is 1. The smallest absolute Gasteiger partial charge is 0.394 e. The summed E-state index contributed by atoms with van der Waals surface area (Å²) in [5.74, 6) is 0.237. The van der Waals surface area contributed by atoms with Crippen molar-refractivity contribution < 1.29 is 33.0 Å². The average molecular weight is 423 g/mol. The number of alkyl halides is 2. The summed E-state index contributed by atoms with van der Waals surface area (Å²) in [4.78, 5) is 22.8. The molecule has 0 bridgehead atoms. The van der Waals surface area contributed by atoms with Crippen molar-refractivity contribution in [2.24, 2.45) is 0 Å². The fourth-order valence-electron chi connectivity index (χ4n) is 2.70. The van der Waals surface area contributed by atoms with Crippen LogP contribution < -0.4 is 14.8 Å². The van der Waals surface area contributed by atoms with Crippen LogP contribution in [0, 0.1) is 0 Å². The third kappa shape index (κ3) is 6.16. The molecule has 0 aliphatic carbocycles. The summed E-state index contributed by atoms with van der Waals surface area (Å²) in [7, 11) is 0. The number of hydrogen-bond acceptors (Lipinski definition) is 6. The Morgan fingerprint density at radius 1 is 1.10 bits per heavy atom. The predicted octanol–water partition coefficient (Wildman–Crippen LogP) is 3.68. The number of aliphatic hydroxyl groups excluding tert-OH is 1. The Balaban J connectivity index is 1.50. The van der Waals surface area contributed by atoms with Gasteiger partial charge < -0.3 is 14.6 Å². The number of thioether (sulfide) groups is 1. The number of rotatable bonds is 8. The highest BCUT2D eigenvalue weighted by molar-refractivity contribution is 8.15. The first-order valence-corrected chi connectivity index (χ1v) is 9.66. The van der Waals surface area contributed by atoms with Crippen molar-refractivity contribution in [1.82, 2.24) is 5.32 Å². The molecule has 2 N–H and O–H groups in total. The second-order valence-corrected chi connectivity index (χ2v) is 7.71. The monoisotopic (exact) mass is 423 g/mol. The van der Waals surface area contributed by atoms with E-state index in [0.717, 1.165) is 17.3 Å². The van der Waals surface area contributed by atoms with Gasteiger partial charge in [-0.1, -0.05) is 36.0 Å². The van der Waals surface area contributed by atoms with E-state index in [1.54, 1.807) is 24.3 Å². The number of carbonyl (C=O) groups is 2. The summed E-state index contributed by atoms with van der Waals surface area (Å²) >= 11 is 0.974. The van der Waals surface area contributed by atoms with Crippen LogP contribution in [0.4, 0.5) is 13.6 Å². The molecule has 1 aliphatic heterocycles. The maximum atomic E-state index is 12.8. The molecule has 29 heavy (non-hydrogen) atoms. The summed E-state index contributed by atoms with van der Waals surface area (Å²) in [6, 6.07) is 12.7. The number of benzene rings is 2. The highest BCUT2D eigenvalue weighted by atomic mass is 32.2. The third-order valence-corrected chi connectivity index (χ3v) is 5.06. The molecular formula is C20H19F2NO5S. The first-order chi connectivity index (χ1) is 13.7. The number of aliphatic hydroxyl groups is 1. The van der Waals surface area contributed by atoms with Crippen molar-refractivity contribution in [3.8, 4) is 11.5 Å². The summed E-state index contributed by atoms with van der Waals surface area (Å²) in [5.41, 5.74) is 1.38. The Labute approximate surface area is 170 Å². The Morgan fingerprint density at radius 3 is 2.28 bits per heavy atom. The van der Waals surface area contributed by atoms with Crippen molar-refractivity contribution in [2.45, 2.75) is 30.8 Å². The minimum Gasteiger partial charge on any atom is -0.491 e. The van der Waals surface area contributed by atoms with E-state index < -0.39 is 17.5 Å². The van der Waals surface area contributed by atoms with Gasteiger partial charge in [0, 0.05) is 6.92 Å². The molecule has 1 aliphatic rings. The lowest BCUT2D eigenvalue weighted by atomic mass is 10.1. The van der Waals surface area contributed by atoms with Gasteiger partial charge in [-0.2, -0.15) is 8.78 Å². The molecule has 154 valence electrons. The molecule has 2 aromatic rings. The van der Waals surface area contributed by atoms with Gasteiger partial charge in [-0.05, 0) is 41.8 Å². The second-order valence-electron chi connectivity index (χ2n) is 6.54. The SMILES string of the molecule is CC(F)(F)Oc1ccc([C@H](O)COc2ccc(CC3SC(=O)NC3=O)cc2)cc1. The van der Waals surface area contributed by atoms with Gasteiger partial charge in [0.15, 0.2) is 0 Å². The molecule has 1 heterocycles. The minimum absolute atomic E-state index is 0.000708. The zero-order valence-electron chi connectivity index (χ0n) is 15.4. The normalized spacial score (nSPS) is 17.7. The quantitative estimate of drug-likeness (QED) is 0.674. The van der Waals surface area contributed by atoms with Crippen LogP contribution in [0.3, 0.4) is 0 Å². The van der Waals surface area contributed by atoms with Crippen molar-refractivity contribution in [3.05, 3.63) is 59.7 Å². The lowest BCUT2D eigenvalue weighted by Gasteiger charge is -2.15. The van der Waals surface area contributed by atoms with E-state index in [2.05, 4.69) is 10.1 Å². The van der Waals surface area contributed by atoms with Gasteiger partial charge in [-0.3, -0.25) is 14.9 Å². The van der Waals surface area contributed by atoms with Crippen LogP contribution in [0.5, 0.6) is 11.5 Å². The Kier molecular flexibility index (Phi) is 6.39. The van der Waals surface area contributed by atoms with Crippen LogP contribution >= 0.6 is 11.8 Å². The fraction of sp³-hybridized carbons (Fsp3) is 0.300. The van der Waals surface area contributed by atoms with Gasteiger partial charge in [0.2, 0.25) is 5.91 Å². The molecule has 9 heteroatoms. The van der Waals surface area contributed by atoms with E-state index in [1.165, 1.54) is 24.3 Å². The minimum atomic E-state index is -3.27. The van der Waals surface area contributed by atoms with Crippen LogP contribution in [0.1, 0.15) is 24.2 Å². The van der Waals surface area contributed by atoms with Crippen LogP contribution in [0.25, 0.3) is 0 Å². The van der Waals surface area contributed by atoms with Gasteiger partial charge in [-0.15, -0.1) is 0 Å². The van der Waals surface area contributed by atoms with E-state index in [0.29, 0.717) is 24.7 Å². The summed E-state index contributed by atoms with van der Waals surface area (Å²) in [6.45, 7) is 0.620.